The Morgan fingerprint density at radius 1 is 1.62 bits per heavy atom. The predicted molar refractivity (Wildman–Crippen MR) is 53.5 cm³/mol. The molecule has 1 aromatic heterocycles. The van der Waals surface area contributed by atoms with Crippen LogP contribution in [-0.4, -0.2) is 16.3 Å². The number of hydrazine groups is 1. The van der Waals surface area contributed by atoms with Crippen molar-refractivity contribution in [3.05, 3.63) is 16.4 Å². The van der Waals surface area contributed by atoms with Crippen molar-refractivity contribution in [3.8, 4) is 0 Å². The molecule has 0 spiro atoms. The molecule has 0 aromatic carbocycles. The molecule has 13 heavy (non-hydrogen) atoms. The summed E-state index contributed by atoms with van der Waals surface area (Å²) < 4.78 is 1.91. The zero-order valence-electron chi connectivity index (χ0n) is 7.97. The fourth-order valence-corrected chi connectivity index (χ4v) is 1.53. The standard InChI is InChI=1S/C8H15ClN4/c1-3-13-7(4-5-11-10)8(9)6(2)12-13/h11H,3-5,10H2,1-2H3. The van der Waals surface area contributed by atoms with Gasteiger partial charge in [0.1, 0.15) is 0 Å². The summed E-state index contributed by atoms with van der Waals surface area (Å²) in [4.78, 5) is 0. The van der Waals surface area contributed by atoms with Crippen LogP contribution >= 0.6 is 11.6 Å². The molecule has 74 valence electrons. The summed E-state index contributed by atoms with van der Waals surface area (Å²) in [6, 6.07) is 0. The van der Waals surface area contributed by atoms with Crippen LogP contribution in [-0.2, 0) is 13.0 Å². The number of aromatic nitrogens is 2. The van der Waals surface area contributed by atoms with Crippen LogP contribution in [0.3, 0.4) is 0 Å². The lowest BCUT2D eigenvalue weighted by molar-refractivity contribution is 0.601. The number of nitrogens with two attached hydrogens (primary N) is 1. The maximum Gasteiger partial charge on any atom is 0.0847 e. The molecule has 0 atom stereocenters. The Labute approximate surface area is 83.0 Å². The molecule has 4 nitrogen and oxygen atoms in total. The van der Waals surface area contributed by atoms with E-state index in [1.807, 2.05) is 18.5 Å². The molecule has 0 aliphatic heterocycles. The van der Waals surface area contributed by atoms with Gasteiger partial charge in [-0.2, -0.15) is 5.10 Å². The minimum Gasteiger partial charge on any atom is -0.271 e. The molecule has 0 saturated heterocycles. The van der Waals surface area contributed by atoms with Crippen molar-refractivity contribution in [2.45, 2.75) is 26.8 Å². The van der Waals surface area contributed by atoms with E-state index in [1.54, 1.807) is 0 Å². The summed E-state index contributed by atoms with van der Waals surface area (Å²) in [5, 5.41) is 5.06. The topological polar surface area (TPSA) is 55.9 Å². The molecule has 3 N–H and O–H groups in total. The summed E-state index contributed by atoms with van der Waals surface area (Å²) in [5.41, 5.74) is 4.54. The molecule has 0 unspecified atom stereocenters. The van der Waals surface area contributed by atoms with E-state index in [4.69, 9.17) is 17.4 Å². The molecule has 1 aromatic rings. The van der Waals surface area contributed by atoms with E-state index in [2.05, 4.69) is 10.5 Å². The minimum atomic E-state index is 0.713. The fourth-order valence-electron chi connectivity index (χ4n) is 1.30. The molecule has 0 amide bonds. The van der Waals surface area contributed by atoms with E-state index in [0.29, 0.717) is 6.54 Å². The van der Waals surface area contributed by atoms with E-state index in [-0.39, 0.29) is 0 Å². The van der Waals surface area contributed by atoms with E-state index in [9.17, 15) is 0 Å². The first-order chi connectivity index (χ1) is 6.20. The largest absolute Gasteiger partial charge is 0.271 e. The van der Waals surface area contributed by atoms with Crippen LogP contribution in [0.15, 0.2) is 0 Å². The van der Waals surface area contributed by atoms with E-state index < -0.39 is 0 Å². The van der Waals surface area contributed by atoms with Gasteiger partial charge in [0.15, 0.2) is 0 Å². The number of hydrogen-bond donors (Lipinski definition) is 2. The normalized spacial score (nSPS) is 10.8. The van der Waals surface area contributed by atoms with Crippen LogP contribution in [0.1, 0.15) is 18.3 Å². The lowest BCUT2D eigenvalue weighted by Crippen LogP contribution is -2.25. The molecule has 1 rings (SSSR count). The number of hydrogen-bond acceptors (Lipinski definition) is 3. The van der Waals surface area contributed by atoms with Gasteiger partial charge in [0, 0.05) is 19.5 Å². The van der Waals surface area contributed by atoms with Crippen LogP contribution < -0.4 is 11.3 Å². The average Bonchev–Trinajstić information content (AvgIpc) is 2.40. The van der Waals surface area contributed by atoms with Gasteiger partial charge >= 0.3 is 0 Å². The Bertz CT molecular complexity index is 282. The van der Waals surface area contributed by atoms with Crippen LogP contribution in [0, 0.1) is 6.92 Å². The second-order valence-electron chi connectivity index (χ2n) is 2.87. The summed E-state index contributed by atoms with van der Waals surface area (Å²) in [6.45, 7) is 5.51. The Balaban J connectivity index is 2.88. The highest BCUT2D eigenvalue weighted by Gasteiger charge is 2.10. The second-order valence-corrected chi connectivity index (χ2v) is 3.24. The Kier molecular flexibility index (Phi) is 3.71. The zero-order valence-corrected chi connectivity index (χ0v) is 8.73. The third kappa shape index (κ3) is 2.21. The Morgan fingerprint density at radius 2 is 2.31 bits per heavy atom. The first kappa shape index (κ1) is 10.5. The predicted octanol–water partition coefficient (Wildman–Crippen LogP) is 0.871. The molecule has 0 bridgehead atoms. The van der Waals surface area contributed by atoms with E-state index in [0.717, 1.165) is 29.4 Å². The SMILES string of the molecule is CCn1nc(C)c(Cl)c1CCNN. The molecule has 0 fully saturated rings. The van der Waals surface area contributed by atoms with Gasteiger partial charge in [0.05, 0.1) is 16.4 Å². The first-order valence-electron chi connectivity index (χ1n) is 4.36. The summed E-state index contributed by atoms with van der Waals surface area (Å²) in [6.07, 6.45) is 0.810. The third-order valence-corrected chi connectivity index (χ3v) is 2.45. The van der Waals surface area contributed by atoms with Crippen LogP contribution in [0.4, 0.5) is 0 Å². The van der Waals surface area contributed by atoms with Gasteiger partial charge in [-0.05, 0) is 13.8 Å². The molecule has 0 saturated carbocycles. The number of aryl methyl sites for hydroxylation is 2. The van der Waals surface area contributed by atoms with Crippen LogP contribution in [0.5, 0.6) is 0 Å². The lowest BCUT2D eigenvalue weighted by Gasteiger charge is -2.03. The molecular weight excluding hydrogens is 188 g/mol. The maximum atomic E-state index is 6.08. The highest BCUT2D eigenvalue weighted by atomic mass is 35.5. The molecule has 5 heteroatoms. The maximum absolute atomic E-state index is 6.08. The van der Waals surface area contributed by atoms with Gasteiger partial charge in [-0.3, -0.25) is 16.0 Å². The number of halogens is 1. The molecule has 1 heterocycles. The van der Waals surface area contributed by atoms with Crippen molar-refractivity contribution < 1.29 is 0 Å². The zero-order chi connectivity index (χ0) is 9.84. The van der Waals surface area contributed by atoms with Gasteiger partial charge in [-0.15, -0.1) is 0 Å². The smallest absolute Gasteiger partial charge is 0.0847 e. The molecular formula is C8H15ClN4. The van der Waals surface area contributed by atoms with Crippen molar-refractivity contribution in [1.82, 2.24) is 15.2 Å². The van der Waals surface area contributed by atoms with Gasteiger partial charge in [0.25, 0.3) is 0 Å². The van der Waals surface area contributed by atoms with Crippen molar-refractivity contribution in [2.75, 3.05) is 6.54 Å². The number of nitrogens with zero attached hydrogens (tertiary/aromatic N) is 2. The summed E-state index contributed by atoms with van der Waals surface area (Å²) in [7, 11) is 0. The average molecular weight is 203 g/mol. The van der Waals surface area contributed by atoms with Crippen molar-refractivity contribution in [2.24, 2.45) is 5.84 Å². The van der Waals surface area contributed by atoms with Gasteiger partial charge < -0.3 is 0 Å². The lowest BCUT2D eigenvalue weighted by atomic mass is 10.3. The third-order valence-electron chi connectivity index (χ3n) is 1.96. The number of nitrogens with one attached hydrogen (secondary N) is 1. The van der Waals surface area contributed by atoms with Crippen molar-refractivity contribution in [1.29, 1.82) is 0 Å². The van der Waals surface area contributed by atoms with Crippen molar-refractivity contribution in [3.63, 3.8) is 0 Å². The van der Waals surface area contributed by atoms with Crippen molar-refractivity contribution >= 4 is 11.6 Å². The van der Waals surface area contributed by atoms with Crippen LogP contribution in [0.2, 0.25) is 5.02 Å². The Morgan fingerprint density at radius 3 is 2.85 bits per heavy atom. The number of rotatable bonds is 4. The molecule has 0 aliphatic rings. The fraction of sp³-hybridized carbons (Fsp3) is 0.625. The Hall–Kier alpha value is -0.580. The minimum absolute atomic E-state index is 0.713. The second kappa shape index (κ2) is 4.60. The quantitative estimate of drug-likeness (QED) is 0.563. The monoisotopic (exact) mass is 202 g/mol. The first-order valence-corrected chi connectivity index (χ1v) is 4.73. The van der Waals surface area contributed by atoms with Gasteiger partial charge in [-0.1, -0.05) is 11.6 Å². The highest BCUT2D eigenvalue weighted by molar-refractivity contribution is 6.31. The summed E-state index contributed by atoms with van der Waals surface area (Å²) in [5.74, 6) is 5.20. The molecule has 0 radical (unpaired) electrons. The van der Waals surface area contributed by atoms with E-state index in [1.165, 1.54) is 0 Å². The van der Waals surface area contributed by atoms with Gasteiger partial charge in [0.2, 0.25) is 0 Å². The van der Waals surface area contributed by atoms with Crippen LogP contribution in [0.25, 0.3) is 0 Å². The molecule has 0 aliphatic carbocycles. The highest BCUT2D eigenvalue weighted by Crippen LogP contribution is 2.20. The summed E-state index contributed by atoms with van der Waals surface area (Å²) >= 11 is 6.08. The van der Waals surface area contributed by atoms with Gasteiger partial charge in [-0.25, -0.2) is 0 Å². The van der Waals surface area contributed by atoms with E-state index >= 15 is 0 Å².